The third-order valence-electron chi connectivity index (χ3n) is 6.01. The van der Waals surface area contributed by atoms with Gasteiger partial charge in [-0.25, -0.2) is 4.79 Å². The molecule has 1 fully saturated rings. The Labute approximate surface area is 201 Å². The van der Waals surface area contributed by atoms with Crippen LogP contribution in [0.2, 0.25) is 0 Å². The van der Waals surface area contributed by atoms with Gasteiger partial charge < -0.3 is 24.8 Å². The second-order valence-corrected chi connectivity index (χ2v) is 8.20. The lowest BCUT2D eigenvalue weighted by Gasteiger charge is -2.27. The van der Waals surface area contributed by atoms with Gasteiger partial charge in [-0.3, -0.25) is 4.79 Å². The van der Waals surface area contributed by atoms with Crippen molar-refractivity contribution in [2.24, 2.45) is 0 Å². The summed E-state index contributed by atoms with van der Waals surface area (Å²) in [5, 5.41) is 21.3. The summed E-state index contributed by atoms with van der Waals surface area (Å²) in [5.74, 6) is 4.62. The number of amides is 1. The maximum Gasteiger partial charge on any atom is 0.336 e. The highest BCUT2D eigenvalue weighted by Gasteiger charge is 2.21. The number of aromatic hydroxyl groups is 1. The van der Waals surface area contributed by atoms with E-state index in [1.165, 1.54) is 6.07 Å². The maximum atomic E-state index is 12.7. The van der Waals surface area contributed by atoms with Gasteiger partial charge in [-0.2, -0.15) is 0 Å². The molecule has 0 bridgehead atoms. The maximum absolute atomic E-state index is 12.7. The number of phenols is 1. The van der Waals surface area contributed by atoms with Crippen molar-refractivity contribution >= 4 is 22.8 Å². The Hall–Kier alpha value is -4.54. The van der Waals surface area contributed by atoms with Crippen molar-refractivity contribution in [2.45, 2.75) is 0 Å². The fourth-order valence-corrected chi connectivity index (χ4v) is 4.22. The van der Waals surface area contributed by atoms with Crippen LogP contribution in [-0.4, -0.2) is 58.3 Å². The zero-order valence-electron chi connectivity index (χ0n) is 18.7. The molecule has 5 rings (SSSR count). The third kappa shape index (κ3) is 4.47. The lowest BCUT2D eigenvalue weighted by atomic mass is 9.93. The molecule has 0 saturated carbocycles. The van der Waals surface area contributed by atoms with E-state index in [0.29, 0.717) is 43.0 Å². The van der Waals surface area contributed by atoms with E-state index in [-0.39, 0.29) is 22.8 Å². The summed E-state index contributed by atoms with van der Waals surface area (Å²) in [4.78, 5) is 29.5. The number of nitrogens with zero attached hydrogens (tertiary/aromatic N) is 1. The number of rotatable bonds is 3. The van der Waals surface area contributed by atoms with Crippen LogP contribution in [0.4, 0.5) is 0 Å². The van der Waals surface area contributed by atoms with Crippen LogP contribution in [0, 0.1) is 11.8 Å². The van der Waals surface area contributed by atoms with Crippen molar-refractivity contribution in [2.75, 3.05) is 26.3 Å². The Bertz CT molecular complexity index is 1500. The summed E-state index contributed by atoms with van der Waals surface area (Å²) in [6.07, 6.45) is 1.83. The molecule has 35 heavy (non-hydrogen) atoms. The predicted molar refractivity (Wildman–Crippen MR) is 132 cm³/mol. The number of carboxylic acids is 1. The molecule has 0 atom stereocenters. The molecule has 0 aliphatic carbocycles. The molecule has 174 valence electrons. The van der Waals surface area contributed by atoms with E-state index >= 15 is 0 Å². The van der Waals surface area contributed by atoms with Crippen LogP contribution >= 0.6 is 0 Å². The molecule has 1 aliphatic rings. The van der Waals surface area contributed by atoms with Crippen molar-refractivity contribution in [3.8, 4) is 28.7 Å². The molecular formula is C28H22N2O5. The fraction of sp³-hybridized carbons (Fsp3) is 0.143. The number of aromatic carboxylic acids is 1. The Morgan fingerprint density at radius 2 is 1.77 bits per heavy atom. The topological polar surface area (TPSA) is 103 Å². The molecule has 0 radical (unpaired) electrons. The average molecular weight is 466 g/mol. The van der Waals surface area contributed by atoms with Gasteiger partial charge >= 0.3 is 5.97 Å². The SMILES string of the molecule is O=C(O)c1cccc(C#Cc2ccc(C(=O)N3CCOCC3)c(O)c2)c1-c1ccc2cc[nH]c2c1. The molecule has 0 unspecified atom stereocenters. The number of nitrogens with one attached hydrogen (secondary N) is 1. The summed E-state index contributed by atoms with van der Waals surface area (Å²) in [5.41, 5.74) is 3.56. The van der Waals surface area contributed by atoms with Crippen LogP contribution in [0.15, 0.2) is 66.9 Å². The number of aromatic amines is 1. The molecule has 0 spiro atoms. The average Bonchev–Trinajstić information content (AvgIpc) is 3.35. The Morgan fingerprint density at radius 1 is 0.943 bits per heavy atom. The highest BCUT2D eigenvalue weighted by molar-refractivity contribution is 5.99. The Morgan fingerprint density at radius 3 is 2.54 bits per heavy atom. The molecule has 1 saturated heterocycles. The summed E-state index contributed by atoms with van der Waals surface area (Å²) >= 11 is 0. The van der Waals surface area contributed by atoms with Gasteiger partial charge in [0.1, 0.15) is 5.75 Å². The zero-order chi connectivity index (χ0) is 24.4. The Balaban J connectivity index is 1.50. The van der Waals surface area contributed by atoms with Crippen LogP contribution in [0.25, 0.3) is 22.0 Å². The molecular weight excluding hydrogens is 444 g/mol. The Kier molecular flexibility index (Phi) is 5.96. The van der Waals surface area contributed by atoms with Crippen molar-refractivity contribution in [1.29, 1.82) is 0 Å². The summed E-state index contributed by atoms with van der Waals surface area (Å²) in [6, 6.07) is 17.3. The van der Waals surface area contributed by atoms with E-state index in [9.17, 15) is 19.8 Å². The first-order valence-corrected chi connectivity index (χ1v) is 11.2. The van der Waals surface area contributed by atoms with Crippen molar-refractivity contribution < 1.29 is 24.5 Å². The number of morpholine rings is 1. The van der Waals surface area contributed by atoms with Crippen molar-refractivity contribution in [3.05, 3.63) is 89.1 Å². The van der Waals surface area contributed by atoms with Gasteiger partial charge in [0.2, 0.25) is 0 Å². The van der Waals surface area contributed by atoms with Gasteiger partial charge in [-0.05, 0) is 53.4 Å². The molecule has 3 N–H and O–H groups in total. The number of carbonyl (C=O) groups is 2. The van der Waals surface area contributed by atoms with Gasteiger partial charge in [-0.15, -0.1) is 0 Å². The van der Waals surface area contributed by atoms with Gasteiger partial charge in [0.25, 0.3) is 5.91 Å². The quantitative estimate of drug-likeness (QED) is 0.395. The van der Waals surface area contributed by atoms with E-state index in [4.69, 9.17) is 4.74 Å². The number of aromatic nitrogens is 1. The number of hydrogen-bond acceptors (Lipinski definition) is 4. The molecule has 2 heterocycles. The van der Waals surface area contributed by atoms with Gasteiger partial charge in [0, 0.05) is 41.5 Å². The number of fused-ring (bicyclic) bond motifs is 1. The second kappa shape index (κ2) is 9.37. The number of phenolic OH excluding ortho intramolecular Hbond substituents is 1. The highest BCUT2D eigenvalue weighted by Crippen LogP contribution is 2.30. The van der Waals surface area contributed by atoms with E-state index < -0.39 is 5.97 Å². The monoisotopic (exact) mass is 466 g/mol. The predicted octanol–water partition coefficient (Wildman–Crippen LogP) is 4.11. The van der Waals surface area contributed by atoms with Gasteiger partial charge in [0.05, 0.1) is 24.3 Å². The molecule has 1 aromatic heterocycles. The summed E-state index contributed by atoms with van der Waals surface area (Å²) in [7, 11) is 0. The van der Waals surface area contributed by atoms with Crippen LogP contribution in [-0.2, 0) is 4.74 Å². The van der Waals surface area contributed by atoms with Crippen molar-refractivity contribution in [3.63, 3.8) is 0 Å². The number of H-pyrrole nitrogens is 1. The van der Waals surface area contributed by atoms with E-state index in [0.717, 1.165) is 16.5 Å². The minimum atomic E-state index is -1.04. The lowest BCUT2D eigenvalue weighted by Crippen LogP contribution is -2.40. The third-order valence-corrected chi connectivity index (χ3v) is 6.01. The second-order valence-electron chi connectivity index (χ2n) is 8.20. The first-order chi connectivity index (χ1) is 17.0. The number of ether oxygens (including phenoxy) is 1. The first-order valence-electron chi connectivity index (χ1n) is 11.2. The summed E-state index contributed by atoms with van der Waals surface area (Å²) < 4.78 is 5.28. The lowest BCUT2D eigenvalue weighted by molar-refractivity contribution is 0.0301. The minimum absolute atomic E-state index is 0.148. The smallest absolute Gasteiger partial charge is 0.336 e. The number of carboxylic acid groups (broad SMARTS) is 1. The first kappa shape index (κ1) is 22.3. The normalized spacial score (nSPS) is 13.3. The van der Waals surface area contributed by atoms with Crippen LogP contribution in [0.5, 0.6) is 5.75 Å². The minimum Gasteiger partial charge on any atom is -0.507 e. The number of benzene rings is 3. The molecule has 1 aliphatic heterocycles. The molecule has 7 nitrogen and oxygen atoms in total. The van der Waals surface area contributed by atoms with Gasteiger partial charge in [0.15, 0.2) is 0 Å². The molecule has 4 aromatic rings. The molecule has 3 aromatic carbocycles. The van der Waals surface area contributed by atoms with E-state index in [2.05, 4.69) is 16.8 Å². The fourth-order valence-electron chi connectivity index (χ4n) is 4.22. The zero-order valence-corrected chi connectivity index (χ0v) is 18.7. The van der Waals surface area contributed by atoms with E-state index in [1.807, 2.05) is 30.5 Å². The van der Waals surface area contributed by atoms with Crippen LogP contribution in [0.3, 0.4) is 0 Å². The van der Waals surface area contributed by atoms with Crippen LogP contribution < -0.4 is 0 Å². The highest BCUT2D eigenvalue weighted by atomic mass is 16.5. The van der Waals surface area contributed by atoms with Gasteiger partial charge in [-0.1, -0.05) is 30.0 Å². The largest absolute Gasteiger partial charge is 0.507 e. The van der Waals surface area contributed by atoms with Crippen LogP contribution in [0.1, 0.15) is 31.8 Å². The number of carbonyl (C=O) groups excluding carboxylic acids is 1. The molecule has 1 amide bonds. The summed E-state index contributed by atoms with van der Waals surface area (Å²) in [6.45, 7) is 1.92. The number of hydrogen-bond donors (Lipinski definition) is 3. The standard InChI is InChI=1S/C28H22N2O5/c31-25-16-18(5-9-22(25)27(32)30-12-14-35-15-13-30)4-6-20-2-1-3-23(28(33)34)26(20)21-8-7-19-10-11-29-24(19)17-21/h1-3,5,7-11,16-17,29,31H,12-15H2,(H,33,34). The van der Waals surface area contributed by atoms with E-state index in [1.54, 1.807) is 35.2 Å². The molecule has 7 heteroatoms. The van der Waals surface area contributed by atoms with Crippen molar-refractivity contribution in [1.82, 2.24) is 9.88 Å².